The second-order valence-electron chi connectivity index (χ2n) is 7.22. The number of carbonyl (C=O) groups is 1. The lowest BCUT2D eigenvalue weighted by Crippen LogP contribution is -2.39. The Hall–Kier alpha value is -2.49. The predicted octanol–water partition coefficient (Wildman–Crippen LogP) is 4.03. The van der Waals surface area contributed by atoms with Crippen molar-refractivity contribution >= 4 is 11.6 Å². The molecule has 0 spiro atoms. The molecular weight excluding hydrogens is 336 g/mol. The van der Waals surface area contributed by atoms with Crippen LogP contribution in [0, 0.1) is 13.8 Å². The minimum Gasteiger partial charge on any atom is -0.480 e. The molecule has 4 nitrogen and oxygen atoms in total. The summed E-state index contributed by atoms with van der Waals surface area (Å²) in [5.74, 6) is 0.769. The average Bonchev–Trinajstić information content (AvgIpc) is 3.09. The van der Waals surface area contributed by atoms with Crippen molar-refractivity contribution in [3.8, 4) is 5.75 Å². The Bertz CT molecular complexity index is 788. The van der Waals surface area contributed by atoms with E-state index >= 15 is 0 Å². The summed E-state index contributed by atoms with van der Waals surface area (Å²) in [4.78, 5) is 14.9. The fourth-order valence-electron chi connectivity index (χ4n) is 3.56. The number of para-hydroxylation sites is 1. The quantitative estimate of drug-likeness (QED) is 0.717. The molecule has 27 heavy (non-hydrogen) atoms. The molecule has 0 fully saturated rings. The van der Waals surface area contributed by atoms with Crippen LogP contribution in [0.4, 0.5) is 5.69 Å². The third kappa shape index (κ3) is 4.62. The first kappa shape index (κ1) is 19.3. The normalized spacial score (nSPS) is 14.0. The van der Waals surface area contributed by atoms with Gasteiger partial charge in [0.15, 0.2) is 6.10 Å². The number of rotatable bonds is 8. The van der Waals surface area contributed by atoms with E-state index in [2.05, 4.69) is 47.5 Å². The Morgan fingerprint density at radius 3 is 2.81 bits per heavy atom. The molecular formula is C23H30N2O2. The smallest absolute Gasteiger partial charge is 0.261 e. The van der Waals surface area contributed by atoms with Crippen LogP contribution in [0.15, 0.2) is 42.5 Å². The maximum absolute atomic E-state index is 12.5. The zero-order chi connectivity index (χ0) is 19.2. The highest BCUT2D eigenvalue weighted by Gasteiger charge is 2.20. The van der Waals surface area contributed by atoms with E-state index in [0.717, 1.165) is 37.2 Å². The highest BCUT2D eigenvalue weighted by Crippen LogP contribution is 2.27. The summed E-state index contributed by atoms with van der Waals surface area (Å²) in [5, 5.41) is 3.05. The summed E-state index contributed by atoms with van der Waals surface area (Å²) in [6, 6.07) is 14.5. The molecule has 2 aromatic carbocycles. The van der Waals surface area contributed by atoms with Gasteiger partial charge < -0.3 is 15.0 Å². The Labute approximate surface area is 162 Å². The number of hydrogen-bond donors (Lipinski definition) is 1. The number of aryl methyl sites for hydroxylation is 1. The summed E-state index contributed by atoms with van der Waals surface area (Å²) in [6.45, 7) is 8.77. The summed E-state index contributed by atoms with van der Waals surface area (Å²) >= 11 is 0. The zero-order valence-corrected chi connectivity index (χ0v) is 16.6. The van der Waals surface area contributed by atoms with E-state index in [1.165, 1.54) is 16.8 Å². The van der Waals surface area contributed by atoms with Crippen LogP contribution in [0.5, 0.6) is 5.75 Å². The van der Waals surface area contributed by atoms with Crippen molar-refractivity contribution in [2.45, 2.75) is 46.1 Å². The molecule has 4 heteroatoms. The first-order valence-electron chi connectivity index (χ1n) is 9.93. The van der Waals surface area contributed by atoms with Crippen LogP contribution in [-0.2, 0) is 11.2 Å². The van der Waals surface area contributed by atoms with Crippen LogP contribution in [0.3, 0.4) is 0 Å². The number of hydrogen-bond acceptors (Lipinski definition) is 3. The van der Waals surface area contributed by atoms with E-state index in [1.807, 2.05) is 26.0 Å². The van der Waals surface area contributed by atoms with Crippen LogP contribution >= 0.6 is 0 Å². The van der Waals surface area contributed by atoms with Gasteiger partial charge in [0.05, 0.1) is 0 Å². The molecule has 1 amide bonds. The molecule has 0 bridgehead atoms. The van der Waals surface area contributed by atoms with Crippen molar-refractivity contribution in [2.75, 3.05) is 24.5 Å². The van der Waals surface area contributed by atoms with Gasteiger partial charge in [0.2, 0.25) is 0 Å². The number of anilines is 1. The molecule has 1 aliphatic rings. The number of nitrogens with zero attached hydrogens (tertiary/aromatic N) is 1. The first-order chi connectivity index (χ1) is 13.1. The van der Waals surface area contributed by atoms with Crippen molar-refractivity contribution in [3.05, 3.63) is 59.2 Å². The van der Waals surface area contributed by atoms with Gasteiger partial charge in [-0.25, -0.2) is 0 Å². The van der Waals surface area contributed by atoms with E-state index in [9.17, 15) is 4.79 Å². The Morgan fingerprint density at radius 1 is 1.19 bits per heavy atom. The van der Waals surface area contributed by atoms with Crippen LogP contribution in [-0.4, -0.2) is 31.6 Å². The van der Waals surface area contributed by atoms with Crippen molar-refractivity contribution in [3.63, 3.8) is 0 Å². The van der Waals surface area contributed by atoms with Gasteiger partial charge in [0.1, 0.15) is 5.75 Å². The van der Waals surface area contributed by atoms with Crippen molar-refractivity contribution < 1.29 is 9.53 Å². The minimum atomic E-state index is -0.446. The second kappa shape index (κ2) is 8.94. The zero-order valence-electron chi connectivity index (χ0n) is 16.6. The minimum absolute atomic E-state index is 0.0276. The summed E-state index contributed by atoms with van der Waals surface area (Å²) in [7, 11) is 0. The van der Waals surface area contributed by atoms with Crippen LogP contribution < -0.4 is 15.0 Å². The largest absolute Gasteiger partial charge is 0.480 e. The first-order valence-corrected chi connectivity index (χ1v) is 9.93. The molecule has 0 aliphatic carbocycles. The Kier molecular flexibility index (Phi) is 6.38. The lowest BCUT2D eigenvalue weighted by Gasteiger charge is -2.21. The molecule has 0 unspecified atom stereocenters. The number of amides is 1. The van der Waals surface area contributed by atoms with E-state index in [1.54, 1.807) is 0 Å². The van der Waals surface area contributed by atoms with Crippen molar-refractivity contribution in [1.29, 1.82) is 0 Å². The molecule has 144 valence electrons. The third-order valence-corrected chi connectivity index (χ3v) is 5.37. The fraction of sp³-hybridized carbons (Fsp3) is 0.435. The van der Waals surface area contributed by atoms with Gasteiger partial charge in [-0.2, -0.15) is 0 Å². The molecule has 0 saturated carbocycles. The van der Waals surface area contributed by atoms with Gasteiger partial charge in [0.25, 0.3) is 5.91 Å². The summed E-state index contributed by atoms with van der Waals surface area (Å²) < 4.78 is 5.99. The number of benzene rings is 2. The number of ether oxygens (including phenoxy) is 1. The lowest BCUT2D eigenvalue weighted by molar-refractivity contribution is -0.128. The molecule has 2 aromatic rings. The molecule has 0 saturated heterocycles. The van der Waals surface area contributed by atoms with Crippen molar-refractivity contribution in [2.24, 2.45) is 0 Å². The SMILES string of the molecule is CC[C@H](Oc1cccc(C)c1C)C(=O)NCCCN1CCc2ccccc21. The monoisotopic (exact) mass is 366 g/mol. The predicted molar refractivity (Wildman–Crippen MR) is 111 cm³/mol. The average molecular weight is 367 g/mol. The van der Waals surface area contributed by atoms with Gasteiger partial charge in [-0.05, 0) is 61.9 Å². The second-order valence-corrected chi connectivity index (χ2v) is 7.22. The van der Waals surface area contributed by atoms with E-state index < -0.39 is 6.10 Å². The topological polar surface area (TPSA) is 41.6 Å². The maximum Gasteiger partial charge on any atom is 0.261 e. The van der Waals surface area contributed by atoms with E-state index in [4.69, 9.17) is 4.74 Å². The summed E-state index contributed by atoms with van der Waals surface area (Å²) in [5.41, 5.74) is 5.04. The number of nitrogens with one attached hydrogen (secondary N) is 1. The third-order valence-electron chi connectivity index (χ3n) is 5.37. The van der Waals surface area contributed by atoms with Crippen LogP contribution in [0.2, 0.25) is 0 Å². The Morgan fingerprint density at radius 2 is 2.00 bits per heavy atom. The van der Waals surface area contributed by atoms with Crippen LogP contribution in [0.1, 0.15) is 36.5 Å². The molecule has 3 rings (SSSR count). The number of fused-ring (bicyclic) bond motifs is 1. The highest BCUT2D eigenvalue weighted by atomic mass is 16.5. The molecule has 1 aliphatic heterocycles. The van der Waals surface area contributed by atoms with Crippen LogP contribution in [0.25, 0.3) is 0 Å². The molecule has 0 aromatic heterocycles. The fourth-order valence-corrected chi connectivity index (χ4v) is 3.56. The highest BCUT2D eigenvalue weighted by molar-refractivity contribution is 5.81. The summed E-state index contributed by atoms with van der Waals surface area (Å²) in [6.07, 6.45) is 2.25. The molecule has 1 N–H and O–H groups in total. The lowest BCUT2D eigenvalue weighted by atomic mass is 10.1. The van der Waals surface area contributed by atoms with Crippen molar-refractivity contribution in [1.82, 2.24) is 5.32 Å². The van der Waals surface area contributed by atoms with Gasteiger partial charge in [-0.3, -0.25) is 4.79 Å². The van der Waals surface area contributed by atoms with Gasteiger partial charge in [-0.1, -0.05) is 37.3 Å². The Balaban J connectivity index is 1.46. The number of carbonyl (C=O) groups excluding carboxylic acids is 1. The van der Waals surface area contributed by atoms with E-state index in [0.29, 0.717) is 13.0 Å². The van der Waals surface area contributed by atoms with E-state index in [-0.39, 0.29) is 5.91 Å². The van der Waals surface area contributed by atoms with Gasteiger partial charge >= 0.3 is 0 Å². The van der Waals surface area contributed by atoms with Gasteiger partial charge in [-0.15, -0.1) is 0 Å². The maximum atomic E-state index is 12.5. The molecule has 1 atom stereocenters. The molecule has 1 heterocycles. The van der Waals surface area contributed by atoms with Gasteiger partial charge in [0, 0.05) is 25.3 Å². The molecule has 0 radical (unpaired) electrons. The standard InChI is InChI=1S/C23H30N2O2/c1-4-21(27-22-12-7-9-17(2)18(22)3)23(26)24-14-8-15-25-16-13-19-10-5-6-11-20(19)25/h5-7,9-12,21H,4,8,13-16H2,1-3H3,(H,24,26)/t21-/m0/s1.